The maximum absolute atomic E-state index is 12.6. The smallest absolute Gasteiger partial charge is 0.262 e. The summed E-state index contributed by atoms with van der Waals surface area (Å²) in [5.74, 6) is -0.339. The number of morpholine rings is 1. The van der Waals surface area contributed by atoms with Gasteiger partial charge in [0.2, 0.25) is 11.8 Å². The fourth-order valence-corrected chi connectivity index (χ4v) is 4.59. The second-order valence-electron chi connectivity index (χ2n) is 9.25. The summed E-state index contributed by atoms with van der Waals surface area (Å²) >= 11 is 6.09. The first-order valence-electron chi connectivity index (χ1n) is 12.6. The van der Waals surface area contributed by atoms with E-state index in [9.17, 15) is 14.4 Å². The Morgan fingerprint density at radius 3 is 2.65 bits per heavy atom. The highest BCUT2D eigenvalue weighted by atomic mass is 35.5. The average Bonchev–Trinajstić information content (AvgIpc) is 3.30. The fraction of sp³-hybridized carbons (Fsp3) is 0.444. The monoisotopic (exact) mass is 528 g/mol. The minimum Gasteiger partial charge on any atom is -0.484 e. The van der Waals surface area contributed by atoms with Crippen molar-refractivity contribution in [1.29, 1.82) is 0 Å². The first-order valence-corrected chi connectivity index (χ1v) is 12.9. The van der Waals surface area contributed by atoms with Crippen molar-refractivity contribution in [3.05, 3.63) is 53.1 Å². The largest absolute Gasteiger partial charge is 0.484 e. The molecule has 0 radical (unpaired) electrons. The van der Waals surface area contributed by atoms with Gasteiger partial charge in [0.15, 0.2) is 6.61 Å². The molecule has 2 aliphatic heterocycles. The van der Waals surface area contributed by atoms with Crippen molar-refractivity contribution in [2.45, 2.75) is 19.8 Å². The number of benzene rings is 2. The number of anilines is 2. The van der Waals surface area contributed by atoms with E-state index in [2.05, 4.69) is 15.5 Å². The number of nitrogens with one attached hydrogen (secondary N) is 2. The molecule has 4 rings (SSSR count). The van der Waals surface area contributed by atoms with Crippen LogP contribution in [-0.2, 0) is 19.1 Å². The van der Waals surface area contributed by atoms with Crippen LogP contribution in [0.4, 0.5) is 11.4 Å². The van der Waals surface area contributed by atoms with Gasteiger partial charge in [-0.3, -0.25) is 19.3 Å². The van der Waals surface area contributed by atoms with Crippen molar-refractivity contribution < 1.29 is 23.9 Å². The third kappa shape index (κ3) is 7.44. The second-order valence-corrected chi connectivity index (χ2v) is 9.65. The lowest BCUT2D eigenvalue weighted by Gasteiger charge is -2.26. The van der Waals surface area contributed by atoms with E-state index in [-0.39, 0.29) is 36.7 Å². The van der Waals surface area contributed by atoms with E-state index in [0.717, 1.165) is 44.8 Å². The highest BCUT2D eigenvalue weighted by Gasteiger charge is 2.35. The Morgan fingerprint density at radius 2 is 1.89 bits per heavy atom. The Balaban J connectivity index is 1.20. The molecule has 0 aliphatic carbocycles. The molecule has 2 saturated heterocycles. The van der Waals surface area contributed by atoms with Crippen molar-refractivity contribution in [2.75, 3.05) is 62.8 Å². The number of carbonyl (C=O) groups is 3. The van der Waals surface area contributed by atoms with Crippen LogP contribution in [0, 0.1) is 12.8 Å². The number of hydrogen-bond donors (Lipinski definition) is 2. The van der Waals surface area contributed by atoms with Gasteiger partial charge in [-0.1, -0.05) is 17.7 Å². The van der Waals surface area contributed by atoms with E-state index in [1.54, 1.807) is 47.4 Å². The molecule has 0 aromatic heterocycles. The van der Waals surface area contributed by atoms with Crippen molar-refractivity contribution in [1.82, 2.24) is 10.2 Å². The molecule has 2 fully saturated rings. The summed E-state index contributed by atoms with van der Waals surface area (Å²) in [6.45, 7) is 6.92. The van der Waals surface area contributed by atoms with E-state index in [1.165, 1.54) is 0 Å². The molecule has 0 spiro atoms. The Kier molecular flexibility index (Phi) is 9.38. The summed E-state index contributed by atoms with van der Waals surface area (Å²) in [6.07, 6.45) is 1.06. The number of ether oxygens (including phenoxy) is 2. The number of nitrogens with zero attached hydrogens (tertiary/aromatic N) is 2. The maximum Gasteiger partial charge on any atom is 0.262 e. The summed E-state index contributed by atoms with van der Waals surface area (Å²) in [7, 11) is 0. The van der Waals surface area contributed by atoms with Crippen LogP contribution in [0.5, 0.6) is 5.75 Å². The van der Waals surface area contributed by atoms with Crippen LogP contribution in [0.2, 0.25) is 5.02 Å². The molecule has 37 heavy (non-hydrogen) atoms. The Labute approximate surface area is 222 Å². The van der Waals surface area contributed by atoms with Gasteiger partial charge in [0.25, 0.3) is 5.91 Å². The molecule has 1 atom stereocenters. The molecule has 2 aromatic carbocycles. The molecule has 2 aliphatic rings. The van der Waals surface area contributed by atoms with Gasteiger partial charge in [-0.2, -0.15) is 0 Å². The van der Waals surface area contributed by atoms with E-state index < -0.39 is 0 Å². The third-order valence-corrected chi connectivity index (χ3v) is 7.02. The van der Waals surface area contributed by atoms with Gasteiger partial charge in [0.1, 0.15) is 5.75 Å². The molecular weight excluding hydrogens is 496 g/mol. The van der Waals surface area contributed by atoms with Crippen LogP contribution < -0.4 is 20.3 Å². The molecule has 0 unspecified atom stereocenters. The van der Waals surface area contributed by atoms with Crippen LogP contribution >= 0.6 is 11.6 Å². The topological polar surface area (TPSA) is 100 Å². The quantitative estimate of drug-likeness (QED) is 0.460. The molecule has 0 saturated carbocycles. The molecular formula is C27H33ClN4O5. The average molecular weight is 529 g/mol. The van der Waals surface area contributed by atoms with Gasteiger partial charge in [0, 0.05) is 49.0 Å². The Morgan fingerprint density at radius 1 is 1.14 bits per heavy atom. The van der Waals surface area contributed by atoms with Crippen molar-refractivity contribution in [2.24, 2.45) is 5.92 Å². The lowest BCUT2D eigenvalue weighted by molar-refractivity contribution is -0.126. The summed E-state index contributed by atoms with van der Waals surface area (Å²) in [6, 6.07) is 12.2. The summed E-state index contributed by atoms with van der Waals surface area (Å²) < 4.78 is 10.9. The predicted octanol–water partition coefficient (Wildman–Crippen LogP) is 2.86. The number of rotatable bonds is 10. The van der Waals surface area contributed by atoms with Crippen molar-refractivity contribution in [3.63, 3.8) is 0 Å². The van der Waals surface area contributed by atoms with Gasteiger partial charge < -0.3 is 25.0 Å². The zero-order valence-corrected chi connectivity index (χ0v) is 21.8. The minimum atomic E-state index is -0.370. The molecule has 10 heteroatoms. The standard InChI is InChI=1S/C27H33ClN4O5/c1-19-23(28)4-2-5-24(19)30-25(33)18-37-22-8-6-21(7-9-22)32-17-20(16-26(32)34)27(35)29-10-3-11-31-12-14-36-15-13-31/h2,4-9,20H,3,10-18H2,1H3,(H,29,35)(H,30,33)/t20-/m1/s1. The zero-order valence-electron chi connectivity index (χ0n) is 21.0. The Hall–Kier alpha value is -3.14. The SMILES string of the molecule is Cc1c(Cl)cccc1NC(=O)COc1ccc(N2C[C@H](C(=O)NCCCN3CCOCC3)CC2=O)cc1. The lowest BCUT2D eigenvalue weighted by atomic mass is 10.1. The predicted molar refractivity (Wildman–Crippen MR) is 142 cm³/mol. The van der Waals surface area contributed by atoms with E-state index >= 15 is 0 Å². The third-order valence-electron chi connectivity index (χ3n) is 6.61. The van der Waals surface area contributed by atoms with Gasteiger partial charge in [-0.25, -0.2) is 0 Å². The highest BCUT2D eigenvalue weighted by Crippen LogP contribution is 2.27. The molecule has 3 amide bonds. The minimum absolute atomic E-state index is 0.0845. The van der Waals surface area contributed by atoms with Crippen LogP contribution in [0.15, 0.2) is 42.5 Å². The molecule has 9 nitrogen and oxygen atoms in total. The first kappa shape index (κ1) is 26.9. The molecule has 2 N–H and O–H groups in total. The number of halogens is 1. The van der Waals surface area contributed by atoms with E-state index in [1.807, 2.05) is 6.92 Å². The lowest BCUT2D eigenvalue weighted by Crippen LogP contribution is -2.39. The Bertz CT molecular complexity index is 1100. The molecule has 2 heterocycles. The molecule has 198 valence electrons. The van der Waals surface area contributed by atoms with E-state index in [0.29, 0.717) is 35.2 Å². The fourth-order valence-electron chi connectivity index (χ4n) is 4.42. The van der Waals surface area contributed by atoms with Crippen molar-refractivity contribution in [3.8, 4) is 5.75 Å². The van der Waals surface area contributed by atoms with E-state index in [4.69, 9.17) is 21.1 Å². The first-order chi connectivity index (χ1) is 17.9. The van der Waals surface area contributed by atoms with Crippen LogP contribution in [0.3, 0.4) is 0 Å². The normalized spacial score (nSPS) is 18.1. The zero-order chi connectivity index (χ0) is 26.2. The van der Waals surface area contributed by atoms with Crippen LogP contribution in [0.25, 0.3) is 0 Å². The van der Waals surface area contributed by atoms with Gasteiger partial charge in [-0.15, -0.1) is 0 Å². The highest BCUT2D eigenvalue weighted by molar-refractivity contribution is 6.31. The van der Waals surface area contributed by atoms with Gasteiger partial charge in [-0.05, 0) is 61.9 Å². The summed E-state index contributed by atoms with van der Waals surface area (Å²) in [5.41, 5.74) is 2.12. The van der Waals surface area contributed by atoms with Gasteiger partial charge >= 0.3 is 0 Å². The number of amides is 3. The van der Waals surface area contributed by atoms with Crippen LogP contribution in [0.1, 0.15) is 18.4 Å². The summed E-state index contributed by atoms with van der Waals surface area (Å²) in [4.78, 5) is 41.4. The van der Waals surface area contributed by atoms with Gasteiger partial charge in [0.05, 0.1) is 19.1 Å². The maximum atomic E-state index is 12.6. The number of hydrogen-bond acceptors (Lipinski definition) is 6. The molecule has 2 aromatic rings. The van der Waals surface area contributed by atoms with Crippen LogP contribution in [-0.4, -0.2) is 75.2 Å². The summed E-state index contributed by atoms with van der Waals surface area (Å²) in [5, 5.41) is 6.34. The second kappa shape index (κ2) is 12.9. The molecule has 0 bridgehead atoms. The number of carbonyl (C=O) groups excluding carboxylic acids is 3. The van der Waals surface area contributed by atoms with Crippen molar-refractivity contribution >= 4 is 40.7 Å².